The van der Waals surface area contributed by atoms with Crippen LogP contribution in [-0.2, 0) is 0 Å². The molecule has 68 valence electrons. The molecule has 0 bridgehead atoms. The van der Waals surface area contributed by atoms with E-state index in [1.807, 2.05) is 0 Å². The summed E-state index contributed by atoms with van der Waals surface area (Å²) < 4.78 is 0. The number of phenols is 2. The molecule has 1 atom stereocenters. The van der Waals surface area contributed by atoms with E-state index in [4.69, 9.17) is 11.0 Å². The highest BCUT2D eigenvalue weighted by Gasteiger charge is 2.10. The zero-order valence-corrected chi connectivity index (χ0v) is 7.15. The fraction of sp³-hybridized carbons (Fsp3) is 0.222. The van der Waals surface area contributed by atoms with Crippen molar-refractivity contribution in [2.24, 2.45) is 5.73 Å². The summed E-state index contributed by atoms with van der Waals surface area (Å²) >= 11 is 0. The second-order valence-electron chi connectivity index (χ2n) is 2.83. The van der Waals surface area contributed by atoms with Crippen molar-refractivity contribution >= 4 is 0 Å². The van der Waals surface area contributed by atoms with Gasteiger partial charge in [-0.2, -0.15) is 5.26 Å². The summed E-state index contributed by atoms with van der Waals surface area (Å²) in [7, 11) is 0. The number of nitrogens with zero attached hydrogens (tertiary/aromatic N) is 1. The molecule has 0 aliphatic carbocycles. The predicted molar refractivity (Wildman–Crippen MR) is 47.1 cm³/mol. The van der Waals surface area contributed by atoms with Crippen LogP contribution in [-0.4, -0.2) is 10.2 Å². The molecule has 4 nitrogen and oxygen atoms in total. The molecule has 0 heterocycles. The molecule has 0 aliphatic rings. The minimum Gasteiger partial charge on any atom is -0.507 e. The topological polar surface area (TPSA) is 90.3 Å². The molecule has 0 saturated heterocycles. The van der Waals surface area contributed by atoms with Gasteiger partial charge >= 0.3 is 0 Å². The lowest BCUT2D eigenvalue weighted by Crippen LogP contribution is -2.05. The number of hydrogen-bond donors (Lipinski definition) is 3. The average molecular weight is 178 g/mol. The van der Waals surface area contributed by atoms with Crippen molar-refractivity contribution in [2.45, 2.75) is 13.0 Å². The van der Waals surface area contributed by atoms with Crippen LogP contribution in [0.5, 0.6) is 11.5 Å². The van der Waals surface area contributed by atoms with Gasteiger partial charge in [-0.25, -0.2) is 0 Å². The van der Waals surface area contributed by atoms with Crippen molar-refractivity contribution in [3.63, 3.8) is 0 Å². The lowest BCUT2D eigenvalue weighted by molar-refractivity contribution is 0.442. The summed E-state index contributed by atoms with van der Waals surface area (Å²) in [6, 6.07) is 3.94. The SMILES string of the molecule is CC(N)c1cc(C#N)c(O)cc1O. The Morgan fingerprint density at radius 2 is 2.00 bits per heavy atom. The number of phenolic OH excluding ortho intramolecular Hbond substituents is 2. The maximum Gasteiger partial charge on any atom is 0.137 e. The van der Waals surface area contributed by atoms with Crippen LogP contribution in [0, 0.1) is 11.3 Å². The summed E-state index contributed by atoms with van der Waals surface area (Å²) in [4.78, 5) is 0. The largest absolute Gasteiger partial charge is 0.507 e. The van der Waals surface area contributed by atoms with Gasteiger partial charge in [-0.3, -0.25) is 0 Å². The van der Waals surface area contributed by atoms with E-state index in [9.17, 15) is 10.2 Å². The van der Waals surface area contributed by atoms with E-state index in [1.165, 1.54) is 6.07 Å². The van der Waals surface area contributed by atoms with Crippen LogP contribution in [0.15, 0.2) is 12.1 Å². The molecule has 0 aliphatic heterocycles. The molecule has 0 amide bonds. The van der Waals surface area contributed by atoms with Gasteiger partial charge in [0.1, 0.15) is 17.6 Å². The van der Waals surface area contributed by atoms with Crippen LogP contribution >= 0.6 is 0 Å². The standard InChI is InChI=1S/C9H10N2O2/c1-5(11)7-2-6(4-10)8(12)3-9(7)13/h2-3,5,12-13H,11H2,1H3. The van der Waals surface area contributed by atoms with Crippen LogP contribution in [0.1, 0.15) is 24.1 Å². The summed E-state index contributed by atoms with van der Waals surface area (Å²) in [5, 5.41) is 27.1. The molecular weight excluding hydrogens is 168 g/mol. The Bertz CT molecular complexity index is 367. The summed E-state index contributed by atoms with van der Waals surface area (Å²) in [6.45, 7) is 1.69. The Hall–Kier alpha value is -1.73. The van der Waals surface area contributed by atoms with Crippen molar-refractivity contribution in [1.82, 2.24) is 0 Å². The van der Waals surface area contributed by atoms with Gasteiger partial charge in [-0.05, 0) is 13.0 Å². The van der Waals surface area contributed by atoms with Crippen LogP contribution in [0.2, 0.25) is 0 Å². The molecule has 13 heavy (non-hydrogen) atoms. The molecular formula is C9H10N2O2. The molecule has 1 unspecified atom stereocenters. The first kappa shape index (κ1) is 9.36. The highest BCUT2D eigenvalue weighted by Crippen LogP contribution is 2.29. The first-order chi connectivity index (χ1) is 6.06. The Kier molecular flexibility index (Phi) is 2.40. The molecule has 0 saturated carbocycles. The van der Waals surface area contributed by atoms with Crippen LogP contribution < -0.4 is 5.73 Å². The molecule has 0 radical (unpaired) electrons. The van der Waals surface area contributed by atoms with Crippen molar-refractivity contribution < 1.29 is 10.2 Å². The monoisotopic (exact) mass is 178 g/mol. The van der Waals surface area contributed by atoms with E-state index in [0.717, 1.165) is 6.07 Å². The highest BCUT2D eigenvalue weighted by atomic mass is 16.3. The number of aromatic hydroxyl groups is 2. The average Bonchev–Trinajstić information content (AvgIpc) is 2.03. The number of nitrogens with two attached hydrogens (primary N) is 1. The van der Waals surface area contributed by atoms with Gasteiger partial charge in [0, 0.05) is 17.7 Å². The van der Waals surface area contributed by atoms with Gasteiger partial charge in [0.15, 0.2) is 0 Å². The van der Waals surface area contributed by atoms with Gasteiger partial charge < -0.3 is 15.9 Å². The van der Waals surface area contributed by atoms with Crippen LogP contribution in [0.3, 0.4) is 0 Å². The van der Waals surface area contributed by atoms with Crippen molar-refractivity contribution in [3.05, 3.63) is 23.3 Å². The third kappa shape index (κ3) is 1.71. The number of rotatable bonds is 1. The zero-order chi connectivity index (χ0) is 10.0. The first-order valence-electron chi connectivity index (χ1n) is 3.77. The van der Waals surface area contributed by atoms with Crippen molar-refractivity contribution in [3.8, 4) is 17.6 Å². The Morgan fingerprint density at radius 3 is 2.46 bits per heavy atom. The van der Waals surface area contributed by atoms with E-state index >= 15 is 0 Å². The van der Waals surface area contributed by atoms with Gasteiger partial charge in [0.2, 0.25) is 0 Å². The smallest absolute Gasteiger partial charge is 0.137 e. The molecule has 0 fully saturated rings. The van der Waals surface area contributed by atoms with E-state index < -0.39 is 0 Å². The lowest BCUT2D eigenvalue weighted by Gasteiger charge is -2.09. The Labute approximate surface area is 75.8 Å². The maximum absolute atomic E-state index is 9.33. The van der Waals surface area contributed by atoms with Gasteiger partial charge in [-0.1, -0.05) is 0 Å². The molecule has 1 rings (SSSR count). The van der Waals surface area contributed by atoms with Crippen LogP contribution in [0.25, 0.3) is 0 Å². The maximum atomic E-state index is 9.33. The van der Waals surface area contributed by atoms with E-state index in [-0.39, 0.29) is 23.1 Å². The number of nitriles is 1. The molecule has 0 aromatic heterocycles. The third-order valence-corrected chi connectivity index (χ3v) is 1.76. The molecule has 4 N–H and O–H groups in total. The molecule has 0 spiro atoms. The second kappa shape index (κ2) is 3.33. The lowest BCUT2D eigenvalue weighted by atomic mass is 10.0. The summed E-state index contributed by atoms with van der Waals surface area (Å²) in [5.74, 6) is -0.323. The fourth-order valence-corrected chi connectivity index (χ4v) is 1.05. The Morgan fingerprint density at radius 1 is 1.38 bits per heavy atom. The number of hydrogen-bond acceptors (Lipinski definition) is 4. The van der Waals surface area contributed by atoms with Gasteiger partial charge in [0.05, 0.1) is 5.56 Å². The van der Waals surface area contributed by atoms with Crippen molar-refractivity contribution in [1.29, 1.82) is 5.26 Å². The number of benzene rings is 1. The molecule has 4 heteroatoms. The van der Waals surface area contributed by atoms with E-state index in [0.29, 0.717) is 5.56 Å². The molecule has 1 aromatic carbocycles. The minimum absolute atomic E-state index is 0.0912. The fourth-order valence-electron chi connectivity index (χ4n) is 1.05. The van der Waals surface area contributed by atoms with Gasteiger partial charge in [-0.15, -0.1) is 0 Å². The van der Waals surface area contributed by atoms with E-state index in [2.05, 4.69) is 0 Å². The minimum atomic E-state index is -0.368. The Balaban J connectivity index is 3.33. The second-order valence-corrected chi connectivity index (χ2v) is 2.83. The van der Waals surface area contributed by atoms with Crippen molar-refractivity contribution in [2.75, 3.05) is 0 Å². The highest BCUT2D eigenvalue weighted by molar-refractivity contribution is 5.51. The van der Waals surface area contributed by atoms with Crippen LogP contribution in [0.4, 0.5) is 0 Å². The summed E-state index contributed by atoms with van der Waals surface area (Å²) in [5.41, 5.74) is 6.11. The normalized spacial score (nSPS) is 12.1. The summed E-state index contributed by atoms with van der Waals surface area (Å²) in [6.07, 6.45) is 0. The van der Waals surface area contributed by atoms with Gasteiger partial charge in [0.25, 0.3) is 0 Å². The first-order valence-corrected chi connectivity index (χ1v) is 3.77. The predicted octanol–water partition coefficient (Wildman–Crippen LogP) is 0.989. The third-order valence-electron chi connectivity index (χ3n) is 1.76. The molecule has 1 aromatic rings. The zero-order valence-electron chi connectivity index (χ0n) is 7.15. The quantitative estimate of drug-likeness (QED) is 0.598. The van der Waals surface area contributed by atoms with E-state index in [1.54, 1.807) is 13.0 Å².